The Labute approximate surface area is 86.6 Å². The van der Waals surface area contributed by atoms with E-state index in [1.807, 2.05) is 29.4 Å². The molecule has 74 valence electrons. The van der Waals surface area contributed by atoms with Crippen LogP contribution in [0.25, 0.3) is 0 Å². The summed E-state index contributed by atoms with van der Waals surface area (Å²) in [5.74, 6) is 0. The highest BCUT2D eigenvalue weighted by molar-refractivity contribution is 7.09. The van der Waals surface area contributed by atoms with Gasteiger partial charge in [0.1, 0.15) is 5.01 Å². The summed E-state index contributed by atoms with van der Waals surface area (Å²) in [6.45, 7) is 1.65. The zero-order valence-electron chi connectivity index (χ0n) is 7.97. The molecule has 0 aliphatic carbocycles. The van der Waals surface area contributed by atoms with Crippen molar-refractivity contribution in [2.45, 2.75) is 13.1 Å². The summed E-state index contributed by atoms with van der Waals surface area (Å²) in [6, 6.07) is 2.01. The first-order chi connectivity index (χ1) is 6.86. The van der Waals surface area contributed by atoms with Crippen molar-refractivity contribution in [3.05, 3.63) is 34.5 Å². The zero-order valence-corrected chi connectivity index (χ0v) is 8.79. The van der Waals surface area contributed by atoms with Crippen LogP contribution in [0.15, 0.2) is 23.8 Å². The summed E-state index contributed by atoms with van der Waals surface area (Å²) in [4.78, 5) is 4.19. The van der Waals surface area contributed by atoms with Gasteiger partial charge in [-0.15, -0.1) is 11.3 Å². The van der Waals surface area contributed by atoms with Crippen molar-refractivity contribution in [1.82, 2.24) is 20.1 Å². The highest BCUT2D eigenvalue weighted by Gasteiger charge is 1.98. The smallest absolute Gasteiger partial charge is 0.106 e. The molecule has 2 rings (SSSR count). The van der Waals surface area contributed by atoms with Crippen molar-refractivity contribution >= 4 is 11.3 Å². The second kappa shape index (κ2) is 4.34. The highest BCUT2D eigenvalue weighted by atomic mass is 32.1. The third-order valence-electron chi connectivity index (χ3n) is 1.99. The molecular weight excluding hydrogens is 196 g/mol. The minimum atomic E-state index is 0.822. The lowest BCUT2D eigenvalue weighted by Crippen LogP contribution is -2.15. The molecule has 5 heteroatoms. The summed E-state index contributed by atoms with van der Waals surface area (Å²) in [6.07, 6.45) is 3.63. The summed E-state index contributed by atoms with van der Waals surface area (Å²) >= 11 is 1.67. The lowest BCUT2D eigenvalue weighted by Gasteiger charge is -2.02. The van der Waals surface area contributed by atoms with Gasteiger partial charge in [-0.1, -0.05) is 0 Å². The average Bonchev–Trinajstić information content (AvgIpc) is 2.78. The SMILES string of the molecule is Cn1nccc1CNCc1nccs1. The first-order valence-electron chi connectivity index (χ1n) is 4.42. The van der Waals surface area contributed by atoms with E-state index >= 15 is 0 Å². The van der Waals surface area contributed by atoms with E-state index in [1.165, 1.54) is 5.69 Å². The molecule has 2 aromatic rings. The molecule has 0 radical (unpaired) electrons. The molecule has 0 aliphatic heterocycles. The Bertz CT molecular complexity index is 379. The fourth-order valence-corrected chi connectivity index (χ4v) is 1.80. The minimum absolute atomic E-state index is 0.822. The van der Waals surface area contributed by atoms with Gasteiger partial charge in [-0.3, -0.25) is 4.68 Å². The predicted molar refractivity (Wildman–Crippen MR) is 55.9 cm³/mol. The van der Waals surface area contributed by atoms with Gasteiger partial charge in [-0.05, 0) is 6.07 Å². The van der Waals surface area contributed by atoms with E-state index in [0.29, 0.717) is 0 Å². The van der Waals surface area contributed by atoms with Gasteiger partial charge >= 0.3 is 0 Å². The Hall–Kier alpha value is -1.20. The number of thiazole rings is 1. The Morgan fingerprint density at radius 3 is 3.00 bits per heavy atom. The van der Waals surface area contributed by atoms with Crippen LogP contribution in [0.1, 0.15) is 10.7 Å². The first-order valence-corrected chi connectivity index (χ1v) is 5.30. The largest absolute Gasteiger partial charge is 0.305 e. The van der Waals surface area contributed by atoms with Gasteiger partial charge in [0.05, 0.1) is 5.69 Å². The normalized spacial score (nSPS) is 10.6. The summed E-state index contributed by atoms with van der Waals surface area (Å²) < 4.78 is 1.87. The molecule has 1 N–H and O–H groups in total. The molecule has 0 bridgehead atoms. The van der Waals surface area contributed by atoms with Crippen LogP contribution >= 0.6 is 11.3 Å². The molecule has 4 nitrogen and oxygen atoms in total. The Morgan fingerprint density at radius 1 is 1.43 bits per heavy atom. The number of hydrogen-bond acceptors (Lipinski definition) is 4. The van der Waals surface area contributed by atoms with Gasteiger partial charge in [-0.2, -0.15) is 5.10 Å². The molecule has 2 aromatic heterocycles. The lowest BCUT2D eigenvalue weighted by atomic mass is 10.4. The zero-order chi connectivity index (χ0) is 9.80. The van der Waals surface area contributed by atoms with Gasteiger partial charge in [0, 0.05) is 37.9 Å². The standard InChI is InChI=1S/C9H12N4S/c1-13-8(2-3-12-13)6-10-7-9-11-4-5-14-9/h2-5,10H,6-7H2,1H3. The molecule has 0 amide bonds. The van der Waals surface area contributed by atoms with Gasteiger partial charge in [0.25, 0.3) is 0 Å². The average molecular weight is 208 g/mol. The topological polar surface area (TPSA) is 42.7 Å². The van der Waals surface area contributed by atoms with Crippen LogP contribution in [0, 0.1) is 0 Å². The molecule has 0 saturated heterocycles. The lowest BCUT2D eigenvalue weighted by molar-refractivity contribution is 0.625. The van der Waals surface area contributed by atoms with Crippen molar-refractivity contribution in [3.8, 4) is 0 Å². The Morgan fingerprint density at radius 2 is 2.36 bits per heavy atom. The molecular formula is C9H12N4S. The molecule has 14 heavy (non-hydrogen) atoms. The molecule has 0 spiro atoms. The number of aryl methyl sites for hydroxylation is 1. The Kier molecular flexibility index (Phi) is 2.90. The predicted octanol–water partition coefficient (Wildman–Crippen LogP) is 1.17. The van der Waals surface area contributed by atoms with Crippen LogP contribution < -0.4 is 5.32 Å². The van der Waals surface area contributed by atoms with Crippen molar-refractivity contribution in [2.75, 3.05) is 0 Å². The van der Waals surface area contributed by atoms with Crippen LogP contribution in [0.2, 0.25) is 0 Å². The van der Waals surface area contributed by atoms with Crippen LogP contribution in [0.4, 0.5) is 0 Å². The van der Waals surface area contributed by atoms with E-state index in [0.717, 1.165) is 18.1 Å². The highest BCUT2D eigenvalue weighted by Crippen LogP contribution is 2.03. The Balaban J connectivity index is 1.81. The number of aromatic nitrogens is 3. The van der Waals surface area contributed by atoms with E-state index in [4.69, 9.17) is 0 Å². The van der Waals surface area contributed by atoms with Crippen molar-refractivity contribution in [2.24, 2.45) is 7.05 Å². The van der Waals surface area contributed by atoms with E-state index < -0.39 is 0 Å². The van der Waals surface area contributed by atoms with Crippen molar-refractivity contribution in [3.63, 3.8) is 0 Å². The number of rotatable bonds is 4. The van der Waals surface area contributed by atoms with Gasteiger partial charge in [0.15, 0.2) is 0 Å². The van der Waals surface area contributed by atoms with E-state index in [2.05, 4.69) is 15.4 Å². The summed E-state index contributed by atoms with van der Waals surface area (Å²) in [7, 11) is 1.94. The van der Waals surface area contributed by atoms with E-state index in [-0.39, 0.29) is 0 Å². The number of nitrogens with zero attached hydrogens (tertiary/aromatic N) is 3. The van der Waals surface area contributed by atoms with Gasteiger partial charge in [-0.25, -0.2) is 4.98 Å². The maximum Gasteiger partial charge on any atom is 0.106 e. The van der Waals surface area contributed by atoms with Crippen molar-refractivity contribution in [1.29, 1.82) is 0 Å². The minimum Gasteiger partial charge on any atom is -0.305 e. The second-order valence-corrected chi connectivity index (χ2v) is 3.95. The molecule has 0 unspecified atom stereocenters. The van der Waals surface area contributed by atoms with Gasteiger partial charge < -0.3 is 5.32 Å². The number of nitrogens with one attached hydrogen (secondary N) is 1. The van der Waals surface area contributed by atoms with Crippen LogP contribution in [-0.2, 0) is 20.1 Å². The third kappa shape index (κ3) is 2.18. The monoisotopic (exact) mass is 208 g/mol. The summed E-state index contributed by atoms with van der Waals surface area (Å²) in [5, 5.41) is 10.5. The first kappa shape index (κ1) is 9.36. The molecule has 0 fully saturated rings. The van der Waals surface area contributed by atoms with E-state index in [1.54, 1.807) is 17.5 Å². The summed E-state index contributed by atoms with van der Waals surface area (Å²) in [5.41, 5.74) is 1.18. The molecule has 2 heterocycles. The second-order valence-electron chi connectivity index (χ2n) is 2.98. The molecule has 0 aliphatic rings. The maximum atomic E-state index is 4.19. The van der Waals surface area contributed by atoms with Gasteiger partial charge in [0.2, 0.25) is 0 Å². The fraction of sp³-hybridized carbons (Fsp3) is 0.333. The molecule has 0 saturated carbocycles. The fourth-order valence-electron chi connectivity index (χ4n) is 1.21. The molecule has 0 aromatic carbocycles. The van der Waals surface area contributed by atoms with Crippen LogP contribution in [-0.4, -0.2) is 14.8 Å². The van der Waals surface area contributed by atoms with E-state index in [9.17, 15) is 0 Å². The van der Waals surface area contributed by atoms with Crippen molar-refractivity contribution < 1.29 is 0 Å². The maximum absolute atomic E-state index is 4.19. The van der Waals surface area contributed by atoms with Crippen LogP contribution in [0.5, 0.6) is 0 Å². The third-order valence-corrected chi connectivity index (χ3v) is 2.77. The number of hydrogen-bond donors (Lipinski definition) is 1. The quantitative estimate of drug-likeness (QED) is 0.820. The van der Waals surface area contributed by atoms with Crippen LogP contribution in [0.3, 0.4) is 0 Å². The molecule has 0 atom stereocenters.